The van der Waals surface area contributed by atoms with E-state index in [0.29, 0.717) is 19.3 Å². The first-order valence-corrected chi connectivity index (χ1v) is 15.2. The van der Waals surface area contributed by atoms with Crippen molar-refractivity contribution in [3.63, 3.8) is 0 Å². The zero-order chi connectivity index (χ0) is 30.2. The Bertz CT molecular complexity index is 1260. The van der Waals surface area contributed by atoms with Crippen molar-refractivity contribution in [1.82, 2.24) is 0 Å². The van der Waals surface area contributed by atoms with Gasteiger partial charge in [-0.2, -0.15) is 5.26 Å². The Morgan fingerprint density at radius 1 is 1.02 bits per heavy atom. The Labute approximate surface area is 245 Å². The minimum atomic E-state index is -0.832. The topological polar surface area (TPSA) is 103 Å². The van der Waals surface area contributed by atoms with Crippen LogP contribution in [0, 0.1) is 67.5 Å². The number of ether oxygens (including phenoxy) is 3. The summed E-state index contributed by atoms with van der Waals surface area (Å²) in [4.78, 5) is 41.5. The lowest BCUT2D eigenvalue weighted by atomic mass is 9.33. The predicted octanol–water partition coefficient (Wildman–Crippen LogP) is 5.84. The van der Waals surface area contributed by atoms with Crippen LogP contribution in [-0.4, -0.2) is 45.2 Å². The molecule has 0 saturated heterocycles. The number of hydrogen-bond acceptors (Lipinski definition) is 7. The van der Waals surface area contributed by atoms with Crippen molar-refractivity contribution < 1.29 is 28.6 Å². The van der Waals surface area contributed by atoms with Crippen molar-refractivity contribution in [2.75, 3.05) is 27.6 Å². The second-order valence-electron chi connectivity index (χ2n) is 15.2. The molecule has 5 aliphatic carbocycles. The van der Waals surface area contributed by atoms with Gasteiger partial charge in [-0.05, 0) is 79.8 Å². The molecule has 0 spiro atoms. The Morgan fingerprint density at radius 2 is 1.71 bits per heavy atom. The minimum absolute atomic E-state index is 0.0143. The third kappa shape index (κ3) is 3.78. The number of carbonyl (C=O) groups excluding carboxylic acids is 3. The summed E-state index contributed by atoms with van der Waals surface area (Å²) in [5.74, 6) is -1.55. The molecule has 0 aromatic heterocycles. The third-order valence-corrected chi connectivity index (χ3v) is 13.1. The monoisotopic (exact) mass is 565 g/mol. The molecule has 7 nitrogen and oxygen atoms in total. The average molecular weight is 566 g/mol. The summed E-state index contributed by atoms with van der Waals surface area (Å²) in [6, 6.07) is 2.59. The van der Waals surface area contributed by atoms with Crippen molar-refractivity contribution in [3.05, 3.63) is 23.8 Å². The number of methoxy groups -OCH3 is 2. The quantitative estimate of drug-likeness (QED) is 0.235. The fourth-order valence-electron chi connectivity index (χ4n) is 10.5. The van der Waals surface area contributed by atoms with E-state index in [9.17, 15) is 19.6 Å². The van der Waals surface area contributed by atoms with Crippen LogP contribution in [0.25, 0.3) is 0 Å². The van der Waals surface area contributed by atoms with Gasteiger partial charge in [0.2, 0.25) is 0 Å². The van der Waals surface area contributed by atoms with Gasteiger partial charge in [0.05, 0.1) is 36.5 Å². The first-order valence-electron chi connectivity index (χ1n) is 15.2. The van der Waals surface area contributed by atoms with Crippen LogP contribution in [-0.2, 0) is 28.6 Å². The molecule has 0 aromatic carbocycles. The summed E-state index contributed by atoms with van der Waals surface area (Å²) in [5, 5.41) is 10.6. The van der Waals surface area contributed by atoms with Gasteiger partial charge in [-0.15, -0.1) is 0 Å². The van der Waals surface area contributed by atoms with Crippen LogP contribution in [0.3, 0.4) is 0 Å². The van der Waals surface area contributed by atoms with Gasteiger partial charge in [0.25, 0.3) is 0 Å². The summed E-state index contributed by atoms with van der Waals surface area (Å²) in [5.41, 5.74) is -2.11. The van der Waals surface area contributed by atoms with Crippen LogP contribution >= 0.6 is 0 Å². The number of nitriles is 1. The maximum absolute atomic E-state index is 14.6. The van der Waals surface area contributed by atoms with E-state index < -0.39 is 39.4 Å². The number of fused-ring (bicyclic) bond motifs is 7. The number of esters is 1. The van der Waals surface area contributed by atoms with Gasteiger partial charge in [0.15, 0.2) is 11.6 Å². The summed E-state index contributed by atoms with van der Waals surface area (Å²) in [6.07, 6.45) is 9.90. The average Bonchev–Trinajstić information content (AvgIpc) is 2.92. The highest BCUT2D eigenvalue weighted by atomic mass is 16.7. The van der Waals surface area contributed by atoms with Crippen LogP contribution in [0.5, 0.6) is 0 Å². The van der Waals surface area contributed by atoms with Gasteiger partial charge < -0.3 is 14.2 Å². The smallest absolute Gasteiger partial charge is 0.312 e. The second kappa shape index (κ2) is 9.61. The van der Waals surface area contributed by atoms with E-state index >= 15 is 0 Å². The van der Waals surface area contributed by atoms with Crippen molar-refractivity contribution in [2.45, 2.75) is 80.1 Å². The number of allylic oxidation sites excluding steroid dienone is 4. The minimum Gasteiger partial charge on any atom is -0.469 e. The van der Waals surface area contributed by atoms with Crippen molar-refractivity contribution in [3.8, 4) is 6.07 Å². The van der Waals surface area contributed by atoms with Gasteiger partial charge in [-0.25, -0.2) is 0 Å². The van der Waals surface area contributed by atoms with Crippen molar-refractivity contribution >= 4 is 17.5 Å². The molecule has 0 aromatic rings. The highest BCUT2D eigenvalue weighted by molar-refractivity contribution is 5.98. The van der Waals surface area contributed by atoms with Crippen LogP contribution < -0.4 is 0 Å². The summed E-state index contributed by atoms with van der Waals surface area (Å²) in [7, 11) is 3.00. The van der Waals surface area contributed by atoms with Gasteiger partial charge >= 0.3 is 5.97 Å². The van der Waals surface area contributed by atoms with Crippen LogP contribution in [0.15, 0.2) is 23.8 Å². The normalized spacial score (nSPS) is 46.3. The Balaban J connectivity index is 1.66. The van der Waals surface area contributed by atoms with E-state index in [1.165, 1.54) is 7.11 Å². The molecule has 0 bridgehead atoms. The van der Waals surface area contributed by atoms with E-state index in [4.69, 9.17) is 14.2 Å². The van der Waals surface area contributed by atoms with Crippen LogP contribution in [0.4, 0.5) is 0 Å². The lowest BCUT2D eigenvalue weighted by molar-refractivity contribution is -0.198. The molecule has 2 unspecified atom stereocenters. The van der Waals surface area contributed by atoms with Crippen molar-refractivity contribution in [2.24, 2.45) is 56.2 Å². The zero-order valence-corrected chi connectivity index (χ0v) is 26.1. The molecule has 7 heteroatoms. The summed E-state index contributed by atoms with van der Waals surface area (Å²) >= 11 is 0. The molecule has 0 radical (unpaired) electrons. The third-order valence-electron chi connectivity index (χ3n) is 13.1. The predicted molar refractivity (Wildman–Crippen MR) is 153 cm³/mol. The number of ketones is 2. The molecule has 3 saturated carbocycles. The molecular weight excluding hydrogens is 518 g/mol. The van der Waals surface area contributed by atoms with E-state index in [1.54, 1.807) is 13.2 Å². The molecule has 0 amide bonds. The first kappa shape index (κ1) is 30.2. The maximum Gasteiger partial charge on any atom is 0.312 e. The second-order valence-corrected chi connectivity index (χ2v) is 15.2. The zero-order valence-electron chi connectivity index (χ0n) is 26.1. The number of rotatable bonds is 5. The Hall–Kier alpha value is -2.30. The molecule has 41 heavy (non-hydrogen) atoms. The van der Waals surface area contributed by atoms with E-state index in [1.807, 2.05) is 19.1 Å². The number of hydrogen-bond donors (Lipinski definition) is 0. The fourth-order valence-corrected chi connectivity index (χ4v) is 10.5. The molecule has 0 N–H and O–H groups in total. The summed E-state index contributed by atoms with van der Waals surface area (Å²) < 4.78 is 16.3. The molecule has 9 atom stereocenters. The maximum atomic E-state index is 14.6. The molecule has 3 fully saturated rings. The fraction of sp³-hybridized carbons (Fsp3) is 0.765. The van der Waals surface area contributed by atoms with Crippen LogP contribution in [0.2, 0.25) is 0 Å². The summed E-state index contributed by atoms with van der Waals surface area (Å²) in [6.45, 7) is 13.3. The van der Waals surface area contributed by atoms with Gasteiger partial charge in [0.1, 0.15) is 6.79 Å². The van der Waals surface area contributed by atoms with Crippen molar-refractivity contribution in [1.29, 1.82) is 5.26 Å². The van der Waals surface area contributed by atoms with Gasteiger partial charge in [-0.3, -0.25) is 14.4 Å². The lowest BCUT2D eigenvalue weighted by Gasteiger charge is -2.69. The highest BCUT2D eigenvalue weighted by Gasteiger charge is 2.72. The molecule has 5 rings (SSSR count). The molecule has 0 aliphatic heterocycles. The lowest BCUT2D eigenvalue weighted by Crippen LogP contribution is -2.67. The standard InChI is InChI=1S/C34H47NO6/c1-29(2)13-15-34(28(38)40-8)16-14-33(6)27(26(34)21(29)18-35)22(36)17-24-30(3)11-10-25(37)31(4,19-41-20-39-7)23(30)9-12-32(24,33)5/h10-11,17,21,23,26-27H,9,12-16,19-20H2,1-8H3/t21?,23-,26+,27-,30+,31?,32-,33-,34+/m1/s1. The first-order chi connectivity index (χ1) is 19.1. The Morgan fingerprint density at radius 3 is 2.34 bits per heavy atom. The van der Waals surface area contributed by atoms with E-state index in [0.717, 1.165) is 24.8 Å². The number of carbonyl (C=O) groups is 3. The molecule has 0 heterocycles. The molecular formula is C34H47NO6. The van der Waals surface area contributed by atoms with Gasteiger partial charge in [0, 0.05) is 24.4 Å². The van der Waals surface area contributed by atoms with Crippen LogP contribution in [0.1, 0.15) is 80.1 Å². The Kier molecular flexibility index (Phi) is 7.07. The van der Waals surface area contributed by atoms with Gasteiger partial charge in [-0.1, -0.05) is 46.3 Å². The molecule has 5 aliphatic rings. The number of nitrogens with zero attached hydrogens (tertiary/aromatic N) is 1. The molecule has 224 valence electrons. The van der Waals surface area contributed by atoms with E-state index in [2.05, 4.69) is 40.7 Å². The van der Waals surface area contributed by atoms with E-state index in [-0.39, 0.29) is 47.7 Å². The SMILES string of the molecule is COCOCC1(C)C(=O)C=C[C@]2(C)C3=CC(=O)[C@@H]4[C@@H]5C(C#N)C(C)(C)CC[C@]5(C(=O)OC)CC[C@@]4(C)[C@]3(C)CC[C@@H]12. The highest BCUT2D eigenvalue weighted by Crippen LogP contribution is 2.75. The largest absolute Gasteiger partial charge is 0.469 e.